The third kappa shape index (κ3) is 3.57. The van der Waals surface area contributed by atoms with Crippen molar-refractivity contribution < 1.29 is 9.31 Å². The molecule has 5 nitrogen and oxygen atoms in total. The largest absolute Gasteiger partial charge is 0.314 e. The second kappa shape index (κ2) is 6.95. The first-order chi connectivity index (χ1) is 10.0. The average Bonchev–Trinajstić information content (AvgIpc) is 2.50. The van der Waals surface area contributed by atoms with Crippen LogP contribution in [0, 0.1) is 21.8 Å². The van der Waals surface area contributed by atoms with Crippen molar-refractivity contribution in [1.29, 1.82) is 0 Å². The third-order valence-electron chi connectivity index (χ3n) is 4.24. The molecule has 1 aliphatic rings. The topological polar surface area (TPSA) is 58.4 Å². The Hall–Kier alpha value is -1.53. The standard InChI is InChI=1S/C15H22FN3O2/c1-3-11(2)15(18-8-6-17-7-9-18)13-10-12(19(20)21)4-5-14(13)16/h4-5,10-11,15,17H,3,6-9H2,1-2H3/t11?,15-/m1/s1. The predicted octanol–water partition coefficient (Wildman–Crippen LogP) is 2.73. The van der Waals surface area contributed by atoms with E-state index in [2.05, 4.69) is 24.1 Å². The molecule has 2 atom stereocenters. The average molecular weight is 295 g/mol. The van der Waals surface area contributed by atoms with Gasteiger partial charge in [0.05, 0.1) is 4.92 Å². The van der Waals surface area contributed by atoms with E-state index in [-0.39, 0.29) is 23.5 Å². The molecule has 1 saturated heterocycles. The summed E-state index contributed by atoms with van der Waals surface area (Å²) in [6.07, 6.45) is 0.900. The van der Waals surface area contributed by atoms with Crippen LogP contribution in [0.1, 0.15) is 31.9 Å². The normalized spacial score (nSPS) is 19.2. The molecule has 0 spiro atoms. The minimum Gasteiger partial charge on any atom is -0.314 e. The van der Waals surface area contributed by atoms with Crippen molar-refractivity contribution in [2.75, 3.05) is 26.2 Å². The lowest BCUT2D eigenvalue weighted by Gasteiger charge is -2.38. The van der Waals surface area contributed by atoms with Gasteiger partial charge < -0.3 is 5.32 Å². The molecule has 0 amide bonds. The van der Waals surface area contributed by atoms with Gasteiger partial charge >= 0.3 is 0 Å². The highest BCUT2D eigenvalue weighted by atomic mass is 19.1. The summed E-state index contributed by atoms with van der Waals surface area (Å²) in [5, 5.41) is 14.2. The number of halogens is 1. The van der Waals surface area contributed by atoms with Gasteiger partial charge in [-0.2, -0.15) is 0 Å². The van der Waals surface area contributed by atoms with Crippen molar-refractivity contribution >= 4 is 5.69 Å². The summed E-state index contributed by atoms with van der Waals surface area (Å²) in [4.78, 5) is 12.7. The van der Waals surface area contributed by atoms with Gasteiger partial charge in [-0.15, -0.1) is 0 Å². The van der Waals surface area contributed by atoms with Crippen LogP contribution >= 0.6 is 0 Å². The fourth-order valence-electron chi connectivity index (χ4n) is 2.92. The molecule has 1 fully saturated rings. The number of benzene rings is 1. The Labute approximate surface area is 124 Å². The van der Waals surface area contributed by atoms with E-state index in [1.54, 1.807) is 0 Å². The monoisotopic (exact) mass is 295 g/mol. The Balaban J connectivity index is 2.39. The van der Waals surface area contributed by atoms with Crippen LogP contribution in [0.15, 0.2) is 18.2 Å². The molecule has 6 heteroatoms. The number of rotatable bonds is 5. The molecule has 1 N–H and O–H groups in total. The zero-order valence-electron chi connectivity index (χ0n) is 12.5. The summed E-state index contributed by atoms with van der Waals surface area (Å²) in [5.74, 6) is -0.121. The second-order valence-corrected chi connectivity index (χ2v) is 5.58. The molecule has 1 unspecified atom stereocenters. The highest BCUT2D eigenvalue weighted by molar-refractivity contribution is 5.37. The molecule has 21 heavy (non-hydrogen) atoms. The molecule has 1 heterocycles. The molecule has 0 aromatic heterocycles. The summed E-state index contributed by atoms with van der Waals surface area (Å²) < 4.78 is 14.3. The Morgan fingerprint density at radius 2 is 2.10 bits per heavy atom. The second-order valence-electron chi connectivity index (χ2n) is 5.58. The first-order valence-corrected chi connectivity index (χ1v) is 7.43. The molecule has 0 aliphatic carbocycles. The fraction of sp³-hybridized carbons (Fsp3) is 0.600. The number of nitrogens with one attached hydrogen (secondary N) is 1. The number of piperazine rings is 1. The maximum Gasteiger partial charge on any atom is 0.269 e. The van der Waals surface area contributed by atoms with Crippen molar-refractivity contribution in [3.63, 3.8) is 0 Å². The highest BCUT2D eigenvalue weighted by Gasteiger charge is 2.29. The van der Waals surface area contributed by atoms with Gasteiger partial charge in [0.1, 0.15) is 5.82 Å². The van der Waals surface area contributed by atoms with E-state index in [9.17, 15) is 14.5 Å². The molecule has 116 valence electrons. The molecular formula is C15H22FN3O2. The predicted molar refractivity (Wildman–Crippen MR) is 79.7 cm³/mol. The molecule has 0 radical (unpaired) electrons. The van der Waals surface area contributed by atoms with Gasteiger partial charge in [0.25, 0.3) is 5.69 Å². The first-order valence-electron chi connectivity index (χ1n) is 7.43. The van der Waals surface area contributed by atoms with E-state index in [4.69, 9.17) is 0 Å². The Bertz CT molecular complexity index is 504. The molecule has 1 aromatic rings. The van der Waals surface area contributed by atoms with E-state index >= 15 is 0 Å². The van der Waals surface area contributed by atoms with E-state index in [0.717, 1.165) is 32.6 Å². The van der Waals surface area contributed by atoms with Crippen LogP contribution in [0.4, 0.5) is 10.1 Å². The molecular weight excluding hydrogens is 273 g/mol. The lowest BCUT2D eigenvalue weighted by molar-refractivity contribution is -0.385. The lowest BCUT2D eigenvalue weighted by atomic mass is 9.90. The summed E-state index contributed by atoms with van der Waals surface area (Å²) in [5.41, 5.74) is 0.398. The number of nitrogens with zero attached hydrogens (tertiary/aromatic N) is 2. The molecule has 1 aliphatic heterocycles. The molecule has 2 rings (SSSR count). The van der Waals surface area contributed by atoms with Crippen LogP contribution in [0.2, 0.25) is 0 Å². The van der Waals surface area contributed by atoms with Gasteiger partial charge in [0, 0.05) is 49.9 Å². The minimum absolute atomic E-state index is 0.0464. The Morgan fingerprint density at radius 1 is 1.43 bits per heavy atom. The number of non-ortho nitro benzene ring substituents is 1. The lowest BCUT2D eigenvalue weighted by Crippen LogP contribution is -2.46. The van der Waals surface area contributed by atoms with E-state index in [1.807, 2.05) is 0 Å². The summed E-state index contributed by atoms with van der Waals surface area (Å²) in [6.45, 7) is 7.53. The van der Waals surface area contributed by atoms with Crippen LogP contribution in [-0.2, 0) is 0 Å². The number of nitro benzene ring substituents is 1. The van der Waals surface area contributed by atoms with Gasteiger partial charge in [-0.1, -0.05) is 20.3 Å². The van der Waals surface area contributed by atoms with E-state index < -0.39 is 4.92 Å². The SMILES string of the molecule is CCC(C)[C@H](c1cc([N+](=O)[O-])ccc1F)N1CCNCC1. The molecule has 0 bridgehead atoms. The summed E-state index contributed by atoms with van der Waals surface area (Å²) in [6, 6.07) is 3.72. The highest BCUT2D eigenvalue weighted by Crippen LogP contribution is 2.34. The van der Waals surface area contributed by atoms with Crippen molar-refractivity contribution in [2.45, 2.75) is 26.3 Å². The van der Waals surface area contributed by atoms with Crippen molar-refractivity contribution in [3.8, 4) is 0 Å². The Kier molecular flexibility index (Phi) is 5.25. The van der Waals surface area contributed by atoms with Crippen LogP contribution in [0.5, 0.6) is 0 Å². The van der Waals surface area contributed by atoms with Gasteiger partial charge in [0.15, 0.2) is 0 Å². The van der Waals surface area contributed by atoms with Gasteiger partial charge in [-0.25, -0.2) is 4.39 Å². The minimum atomic E-state index is -0.464. The van der Waals surface area contributed by atoms with E-state index in [0.29, 0.717) is 5.56 Å². The molecule has 0 saturated carbocycles. The summed E-state index contributed by atoms with van der Waals surface area (Å²) >= 11 is 0. The van der Waals surface area contributed by atoms with Crippen LogP contribution < -0.4 is 5.32 Å². The zero-order chi connectivity index (χ0) is 15.4. The van der Waals surface area contributed by atoms with E-state index in [1.165, 1.54) is 18.2 Å². The maximum absolute atomic E-state index is 14.3. The van der Waals surface area contributed by atoms with Gasteiger partial charge in [-0.3, -0.25) is 15.0 Å². The van der Waals surface area contributed by atoms with Crippen molar-refractivity contribution in [3.05, 3.63) is 39.7 Å². The van der Waals surface area contributed by atoms with Crippen molar-refractivity contribution in [1.82, 2.24) is 10.2 Å². The van der Waals surface area contributed by atoms with Crippen LogP contribution in [0.25, 0.3) is 0 Å². The smallest absolute Gasteiger partial charge is 0.269 e. The summed E-state index contributed by atoms with van der Waals surface area (Å²) in [7, 11) is 0. The quantitative estimate of drug-likeness (QED) is 0.670. The van der Waals surface area contributed by atoms with Crippen LogP contribution in [0.3, 0.4) is 0 Å². The fourth-order valence-corrected chi connectivity index (χ4v) is 2.92. The maximum atomic E-state index is 14.3. The van der Waals surface area contributed by atoms with Crippen LogP contribution in [-0.4, -0.2) is 36.0 Å². The van der Waals surface area contributed by atoms with Crippen molar-refractivity contribution in [2.24, 2.45) is 5.92 Å². The Morgan fingerprint density at radius 3 is 2.67 bits per heavy atom. The van der Waals surface area contributed by atoms with Gasteiger partial charge in [-0.05, 0) is 12.0 Å². The molecule has 1 aromatic carbocycles. The number of nitro groups is 1. The zero-order valence-corrected chi connectivity index (χ0v) is 12.5. The third-order valence-corrected chi connectivity index (χ3v) is 4.24. The number of hydrogen-bond donors (Lipinski definition) is 1. The number of hydrogen-bond acceptors (Lipinski definition) is 4. The van der Waals surface area contributed by atoms with Gasteiger partial charge in [0.2, 0.25) is 0 Å². The first kappa shape index (κ1) is 15.9.